The Morgan fingerprint density at radius 2 is 1.59 bits per heavy atom. The molecule has 1 fully saturated rings. The number of fused-ring (bicyclic) bond motifs is 1. The van der Waals surface area contributed by atoms with E-state index >= 15 is 0 Å². The molecule has 1 aromatic heterocycles. The van der Waals surface area contributed by atoms with E-state index in [1.54, 1.807) is 39.9 Å². The molecule has 1 amide bonds. The van der Waals surface area contributed by atoms with Gasteiger partial charge in [-0.1, -0.05) is 51.0 Å². The number of thiazole rings is 1. The number of piperazine rings is 1. The number of aromatic nitrogens is 1. The number of amides is 1. The first-order chi connectivity index (χ1) is 17.9. The maximum absolute atomic E-state index is 13.2. The Balaban J connectivity index is 1.39. The molecule has 9 heteroatoms. The number of carbonyl (C=O) groups excluding carboxylic acids is 1. The zero-order chi connectivity index (χ0) is 26.4. The lowest BCUT2D eigenvalue weighted by molar-refractivity contribution is 0.0746. The first-order valence-corrected chi connectivity index (χ1v) is 15.7. The van der Waals surface area contributed by atoms with Crippen molar-refractivity contribution in [2.75, 3.05) is 44.2 Å². The molecule has 0 N–H and O–H groups in total. The molecular weight excluding hydrogens is 504 g/mol. The number of nitrogens with zero attached hydrogens (tertiary/aromatic N) is 4. The highest BCUT2D eigenvalue weighted by Crippen LogP contribution is 2.30. The number of sulfonamides is 1. The van der Waals surface area contributed by atoms with Crippen LogP contribution in [0.25, 0.3) is 10.2 Å². The van der Waals surface area contributed by atoms with Crippen LogP contribution in [0.15, 0.2) is 47.4 Å². The molecule has 37 heavy (non-hydrogen) atoms. The molecule has 2 aromatic carbocycles. The summed E-state index contributed by atoms with van der Waals surface area (Å²) in [7, 11) is -3.57. The predicted octanol–water partition coefficient (Wildman–Crippen LogP) is 5.41. The molecule has 0 radical (unpaired) electrons. The zero-order valence-corrected chi connectivity index (χ0v) is 23.8. The van der Waals surface area contributed by atoms with Crippen LogP contribution in [-0.4, -0.2) is 67.8 Å². The van der Waals surface area contributed by atoms with E-state index in [0.717, 1.165) is 55.8 Å². The van der Waals surface area contributed by atoms with Crippen molar-refractivity contribution in [1.82, 2.24) is 14.2 Å². The number of unbranched alkanes of at least 4 members (excludes halogenated alkanes) is 2. The summed E-state index contributed by atoms with van der Waals surface area (Å²) >= 11 is 1.71. The third kappa shape index (κ3) is 6.33. The van der Waals surface area contributed by atoms with Gasteiger partial charge in [0.05, 0.1) is 15.1 Å². The fourth-order valence-electron chi connectivity index (χ4n) is 4.54. The summed E-state index contributed by atoms with van der Waals surface area (Å²) in [6.07, 6.45) is 4.56. The fraction of sp³-hybridized carbons (Fsp3) is 0.500. The molecule has 0 saturated carbocycles. The van der Waals surface area contributed by atoms with Gasteiger partial charge >= 0.3 is 0 Å². The number of hydrogen-bond donors (Lipinski definition) is 0. The van der Waals surface area contributed by atoms with E-state index in [1.165, 1.54) is 10.3 Å². The van der Waals surface area contributed by atoms with Crippen LogP contribution >= 0.6 is 11.3 Å². The van der Waals surface area contributed by atoms with Gasteiger partial charge in [-0.25, -0.2) is 13.4 Å². The molecular formula is C28H38N4O3S2. The molecule has 0 bridgehead atoms. The lowest BCUT2D eigenvalue weighted by Gasteiger charge is -2.34. The van der Waals surface area contributed by atoms with Crippen LogP contribution in [0.1, 0.15) is 62.4 Å². The van der Waals surface area contributed by atoms with E-state index < -0.39 is 10.0 Å². The molecule has 1 aliphatic rings. The SMILES string of the molecule is CCCCN(CCCC)S(=O)(=O)c1ccc(C(=O)N2CCN(c3nc4ccc(CC)cc4s3)CC2)cc1. The van der Waals surface area contributed by atoms with Crippen molar-refractivity contribution in [3.8, 4) is 0 Å². The molecule has 0 unspecified atom stereocenters. The van der Waals surface area contributed by atoms with E-state index in [4.69, 9.17) is 4.98 Å². The second kappa shape index (κ2) is 12.4. The first-order valence-electron chi connectivity index (χ1n) is 13.4. The third-order valence-electron chi connectivity index (χ3n) is 6.95. The Hall–Kier alpha value is -2.49. The van der Waals surface area contributed by atoms with Gasteiger partial charge in [-0.05, 0) is 61.2 Å². The van der Waals surface area contributed by atoms with Crippen molar-refractivity contribution < 1.29 is 13.2 Å². The summed E-state index contributed by atoms with van der Waals surface area (Å²) in [5, 5.41) is 1.00. The zero-order valence-electron chi connectivity index (χ0n) is 22.1. The average Bonchev–Trinajstić information content (AvgIpc) is 3.36. The minimum absolute atomic E-state index is 0.0608. The molecule has 0 atom stereocenters. The van der Waals surface area contributed by atoms with Crippen LogP contribution in [0.2, 0.25) is 0 Å². The second-order valence-electron chi connectivity index (χ2n) is 9.57. The van der Waals surface area contributed by atoms with Gasteiger partial charge in [-0.15, -0.1) is 0 Å². The van der Waals surface area contributed by atoms with E-state index in [9.17, 15) is 13.2 Å². The third-order valence-corrected chi connectivity index (χ3v) is 9.94. The van der Waals surface area contributed by atoms with Crippen LogP contribution in [0.5, 0.6) is 0 Å². The van der Waals surface area contributed by atoms with Crippen LogP contribution in [0.3, 0.4) is 0 Å². The summed E-state index contributed by atoms with van der Waals surface area (Å²) in [5.41, 5.74) is 2.86. The molecule has 0 spiro atoms. The fourth-order valence-corrected chi connectivity index (χ4v) is 7.13. The molecule has 7 nitrogen and oxygen atoms in total. The number of aryl methyl sites for hydroxylation is 1. The van der Waals surface area contributed by atoms with Crippen LogP contribution in [0.4, 0.5) is 5.13 Å². The number of hydrogen-bond acceptors (Lipinski definition) is 6. The minimum atomic E-state index is -3.57. The van der Waals surface area contributed by atoms with Crippen LogP contribution in [0, 0.1) is 0 Å². The summed E-state index contributed by atoms with van der Waals surface area (Å²) in [6, 6.07) is 12.9. The minimum Gasteiger partial charge on any atom is -0.345 e. The maximum Gasteiger partial charge on any atom is 0.253 e. The number of carbonyl (C=O) groups is 1. The Bertz CT molecular complexity index is 1290. The Kier molecular flexibility index (Phi) is 9.21. The van der Waals surface area contributed by atoms with Crippen molar-refractivity contribution >= 4 is 42.6 Å². The predicted molar refractivity (Wildman–Crippen MR) is 152 cm³/mol. The number of anilines is 1. The number of benzene rings is 2. The van der Waals surface area contributed by atoms with Crippen molar-refractivity contribution in [2.45, 2.75) is 57.8 Å². The summed E-state index contributed by atoms with van der Waals surface area (Å²) < 4.78 is 29.2. The van der Waals surface area contributed by atoms with Gasteiger partial charge in [0, 0.05) is 44.8 Å². The lowest BCUT2D eigenvalue weighted by atomic mass is 10.2. The largest absolute Gasteiger partial charge is 0.345 e. The monoisotopic (exact) mass is 542 g/mol. The molecule has 0 aliphatic carbocycles. The van der Waals surface area contributed by atoms with E-state index in [-0.39, 0.29) is 10.8 Å². The van der Waals surface area contributed by atoms with E-state index in [0.29, 0.717) is 31.7 Å². The van der Waals surface area contributed by atoms with Gasteiger partial charge in [-0.3, -0.25) is 4.79 Å². The highest BCUT2D eigenvalue weighted by atomic mass is 32.2. The smallest absolute Gasteiger partial charge is 0.253 e. The molecule has 1 aliphatic heterocycles. The molecule has 3 aromatic rings. The summed E-state index contributed by atoms with van der Waals surface area (Å²) in [6.45, 7) is 9.99. The Morgan fingerprint density at radius 1 is 0.946 bits per heavy atom. The molecule has 4 rings (SSSR count). The van der Waals surface area contributed by atoms with Gasteiger partial charge in [0.15, 0.2) is 5.13 Å². The second-order valence-corrected chi connectivity index (χ2v) is 12.5. The van der Waals surface area contributed by atoms with Crippen LogP contribution in [-0.2, 0) is 16.4 Å². The standard InChI is InChI=1S/C28H38N4O3S2/c1-4-7-15-32(16-8-5-2)37(34,35)24-12-10-23(11-13-24)27(33)30-17-19-31(20-18-30)28-29-25-14-9-22(6-3)21-26(25)36-28/h9-14,21H,4-8,15-20H2,1-3H3. The summed E-state index contributed by atoms with van der Waals surface area (Å²) in [4.78, 5) is 22.3. The highest BCUT2D eigenvalue weighted by molar-refractivity contribution is 7.89. The van der Waals surface area contributed by atoms with Gasteiger partial charge in [0.1, 0.15) is 0 Å². The lowest BCUT2D eigenvalue weighted by Crippen LogP contribution is -2.48. The quantitative estimate of drug-likeness (QED) is 0.324. The average molecular weight is 543 g/mol. The summed E-state index contributed by atoms with van der Waals surface area (Å²) in [5.74, 6) is -0.0608. The molecule has 2 heterocycles. The normalized spacial score (nSPS) is 14.6. The van der Waals surface area contributed by atoms with Crippen molar-refractivity contribution in [2.24, 2.45) is 0 Å². The van der Waals surface area contributed by atoms with Crippen molar-refractivity contribution in [3.05, 3.63) is 53.6 Å². The van der Waals surface area contributed by atoms with E-state index in [2.05, 4.69) is 43.9 Å². The van der Waals surface area contributed by atoms with Crippen molar-refractivity contribution in [1.29, 1.82) is 0 Å². The van der Waals surface area contributed by atoms with Crippen LogP contribution < -0.4 is 4.90 Å². The highest BCUT2D eigenvalue weighted by Gasteiger charge is 2.26. The molecule has 200 valence electrons. The Morgan fingerprint density at radius 3 is 2.19 bits per heavy atom. The van der Waals surface area contributed by atoms with Gasteiger partial charge in [0.2, 0.25) is 10.0 Å². The number of rotatable bonds is 11. The topological polar surface area (TPSA) is 73.8 Å². The first kappa shape index (κ1) is 27.5. The van der Waals surface area contributed by atoms with Gasteiger partial charge < -0.3 is 9.80 Å². The van der Waals surface area contributed by atoms with E-state index in [1.807, 2.05) is 4.90 Å². The van der Waals surface area contributed by atoms with Gasteiger partial charge in [-0.2, -0.15) is 4.31 Å². The maximum atomic E-state index is 13.2. The van der Waals surface area contributed by atoms with Gasteiger partial charge in [0.25, 0.3) is 5.91 Å². The molecule has 1 saturated heterocycles. The Labute approximate surface area is 225 Å². The van der Waals surface area contributed by atoms with Crippen molar-refractivity contribution in [3.63, 3.8) is 0 Å².